The molecular weight excluding hydrogens is 405 g/mol. The number of nitrogens with zero attached hydrogens (tertiary/aromatic N) is 1. The minimum Gasteiger partial charge on any atom is -0.465 e. The average Bonchev–Trinajstić information content (AvgIpc) is 3.16. The fraction of sp³-hybridized carbons (Fsp3) is 0.368. The first kappa shape index (κ1) is 22.6. The predicted octanol–water partition coefficient (Wildman–Crippen LogP) is 2.98. The molecule has 1 heterocycles. The lowest BCUT2D eigenvalue weighted by Crippen LogP contribution is -2.31. The number of hydrogen-bond donors (Lipinski definition) is 0. The number of sulfonamides is 1. The Kier molecular flexibility index (Phi) is 7.52. The second-order valence-electron chi connectivity index (χ2n) is 5.79. The molecule has 0 amide bonds. The van der Waals surface area contributed by atoms with Gasteiger partial charge in [-0.3, -0.25) is 0 Å². The van der Waals surface area contributed by atoms with Gasteiger partial charge in [0.05, 0.1) is 18.4 Å². The van der Waals surface area contributed by atoms with Crippen molar-refractivity contribution in [1.29, 1.82) is 0 Å². The summed E-state index contributed by atoms with van der Waals surface area (Å²) in [6, 6.07) is 4.32. The van der Waals surface area contributed by atoms with Crippen molar-refractivity contribution in [3.05, 3.63) is 53.2 Å². The molecule has 29 heavy (non-hydrogen) atoms. The molecule has 0 saturated carbocycles. The SMILES string of the molecule is CCOC(=O)c1ccoc1COC(=O)c1ccc(F)c(S(=O)(=O)N(CC)CC)c1. The first-order chi connectivity index (χ1) is 13.8. The van der Waals surface area contributed by atoms with Gasteiger partial charge in [-0.25, -0.2) is 22.4 Å². The Balaban J connectivity index is 2.21. The third kappa shape index (κ3) is 5.01. The molecule has 8 nitrogen and oxygen atoms in total. The van der Waals surface area contributed by atoms with Crippen molar-refractivity contribution in [2.24, 2.45) is 0 Å². The van der Waals surface area contributed by atoms with Crippen LogP contribution in [0.5, 0.6) is 0 Å². The highest BCUT2D eigenvalue weighted by Gasteiger charge is 2.27. The summed E-state index contributed by atoms with van der Waals surface area (Å²) in [5.74, 6) is -2.41. The molecule has 0 aliphatic rings. The van der Waals surface area contributed by atoms with E-state index >= 15 is 0 Å². The molecule has 0 N–H and O–H groups in total. The molecule has 2 rings (SSSR count). The smallest absolute Gasteiger partial charge is 0.341 e. The quantitative estimate of drug-likeness (QED) is 0.567. The van der Waals surface area contributed by atoms with Gasteiger partial charge in [0.2, 0.25) is 10.0 Å². The zero-order valence-electron chi connectivity index (χ0n) is 16.3. The van der Waals surface area contributed by atoms with Crippen molar-refractivity contribution in [3.8, 4) is 0 Å². The summed E-state index contributed by atoms with van der Waals surface area (Å²) >= 11 is 0. The molecule has 0 aliphatic heterocycles. The van der Waals surface area contributed by atoms with Crippen molar-refractivity contribution in [3.63, 3.8) is 0 Å². The fourth-order valence-electron chi connectivity index (χ4n) is 2.59. The van der Waals surface area contributed by atoms with Crippen molar-refractivity contribution in [1.82, 2.24) is 4.31 Å². The maximum Gasteiger partial charge on any atom is 0.341 e. The predicted molar refractivity (Wildman–Crippen MR) is 100 cm³/mol. The molecule has 0 aliphatic carbocycles. The van der Waals surface area contributed by atoms with Gasteiger partial charge >= 0.3 is 11.9 Å². The van der Waals surface area contributed by atoms with Gasteiger partial charge < -0.3 is 13.9 Å². The Bertz CT molecular complexity index is 980. The van der Waals surface area contributed by atoms with Crippen LogP contribution in [-0.4, -0.2) is 44.4 Å². The highest BCUT2D eigenvalue weighted by molar-refractivity contribution is 7.89. The van der Waals surface area contributed by atoms with Crippen molar-refractivity contribution in [2.75, 3.05) is 19.7 Å². The lowest BCUT2D eigenvalue weighted by atomic mass is 10.2. The molecule has 0 atom stereocenters. The average molecular weight is 427 g/mol. The molecule has 1 aromatic carbocycles. The standard InChI is InChI=1S/C19H22FNO7S/c1-4-21(5-2)29(24,25)17-11-13(7-8-15(17)20)18(22)28-12-16-14(9-10-27-16)19(23)26-6-3/h7-11H,4-6,12H2,1-3H3. The highest BCUT2D eigenvalue weighted by atomic mass is 32.2. The molecule has 158 valence electrons. The Hall–Kier alpha value is -2.72. The van der Waals surface area contributed by atoms with E-state index in [1.54, 1.807) is 20.8 Å². The number of esters is 2. The molecule has 0 spiro atoms. The van der Waals surface area contributed by atoms with E-state index in [0.717, 1.165) is 22.5 Å². The van der Waals surface area contributed by atoms with E-state index in [1.165, 1.54) is 12.3 Å². The molecule has 0 unspecified atom stereocenters. The lowest BCUT2D eigenvalue weighted by molar-refractivity contribution is 0.0422. The van der Waals surface area contributed by atoms with Gasteiger partial charge in [-0.2, -0.15) is 4.31 Å². The second kappa shape index (κ2) is 9.66. The van der Waals surface area contributed by atoms with Crippen molar-refractivity contribution < 1.29 is 36.3 Å². The van der Waals surface area contributed by atoms with Crippen LogP contribution in [0.1, 0.15) is 47.2 Å². The van der Waals surface area contributed by atoms with Crippen LogP contribution in [0.25, 0.3) is 0 Å². The van der Waals surface area contributed by atoms with Gasteiger partial charge in [0.15, 0.2) is 12.4 Å². The summed E-state index contributed by atoms with van der Waals surface area (Å²) in [6.45, 7) is 5.00. The third-order valence-corrected chi connectivity index (χ3v) is 6.13. The van der Waals surface area contributed by atoms with Gasteiger partial charge in [-0.1, -0.05) is 13.8 Å². The van der Waals surface area contributed by atoms with Gasteiger partial charge in [0, 0.05) is 13.1 Å². The summed E-state index contributed by atoms with van der Waals surface area (Å²) in [5.41, 5.74) is -0.0371. The maximum atomic E-state index is 14.2. The molecule has 0 bridgehead atoms. The monoisotopic (exact) mass is 427 g/mol. The molecule has 0 radical (unpaired) electrons. The van der Waals surface area contributed by atoms with Crippen molar-refractivity contribution >= 4 is 22.0 Å². The Morgan fingerprint density at radius 2 is 1.76 bits per heavy atom. The minimum atomic E-state index is -4.10. The number of hydrogen-bond acceptors (Lipinski definition) is 7. The number of rotatable bonds is 9. The van der Waals surface area contributed by atoms with E-state index in [-0.39, 0.29) is 43.2 Å². The number of carbonyl (C=O) groups excluding carboxylic acids is 2. The summed E-state index contributed by atoms with van der Waals surface area (Å²) in [6.07, 6.45) is 1.25. The second-order valence-corrected chi connectivity index (χ2v) is 7.69. The van der Waals surface area contributed by atoms with Crippen LogP contribution >= 0.6 is 0 Å². The number of ether oxygens (including phenoxy) is 2. The zero-order chi connectivity index (χ0) is 21.6. The molecule has 2 aromatic rings. The van der Waals surface area contributed by atoms with Crippen LogP contribution in [-0.2, 0) is 26.1 Å². The molecule has 1 aromatic heterocycles. The summed E-state index contributed by atoms with van der Waals surface area (Å²) in [7, 11) is -4.10. The summed E-state index contributed by atoms with van der Waals surface area (Å²) < 4.78 is 55.5. The van der Waals surface area contributed by atoms with Crippen molar-refractivity contribution in [2.45, 2.75) is 32.3 Å². The van der Waals surface area contributed by atoms with Crippen LogP contribution in [0.15, 0.2) is 39.8 Å². The topological polar surface area (TPSA) is 103 Å². The number of furan rings is 1. The Morgan fingerprint density at radius 3 is 2.38 bits per heavy atom. The highest BCUT2D eigenvalue weighted by Crippen LogP contribution is 2.22. The number of benzene rings is 1. The number of carbonyl (C=O) groups is 2. The van der Waals surface area contributed by atoms with E-state index in [2.05, 4.69) is 0 Å². The van der Waals surface area contributed by atoms with E-state index < -0.39 is 32.7 Å². The van der Waals surface area contributed by atoms with Crippen LogP contribution < -0.4 is 0 Å². The Labute approximate surface area is 168 Å². The van der Waals surface area contributed by atoms with Crippen LogP contribution in [0.2, 0.25) is 0 Å². The molecule has 0 saturated heterocycles. The van der Waals surface area contributed by atoms with E-state index in [0.29, 0.717) is 0 Å². The van der Waals surface area contributed by atoms with E-state index in [1.807, 2.05) is 0 Å². The van der Waals surface area contributed by atoms with Gasteiger partial charge in [0.25, 0.3) is 0 Å². The largest absolute Gasteiger partial charge is 0.465 e. The fourth-order valence-corrected chi connectivity index (χ4v) is 4.14. The minimum absolute atomic E-state index is 0.0786. The molecule has 0 fully saturated rings. The first-order valence-corrected chi connectivity index (χ1v) is 10.4. The van der Waals surface area contributed by atoms with Crippen LogP contribution in [0, 0.1) is 5.82 Å². The zero-order valence-corrected chi connectivity index (χ0v) is 17.1. The number of halogens is 1. The van der Waals surface area contributed by atoms with Crippen LogP contribution in [0.4, 0.5) is 4.39 Å². The molecule has 10 heteroatoms. The third-order valence-electron chi connectivity index (χ3n) is 4.07. The Morgan fingerprint density at radius 1 is 1.07 bits per heavy atom. The van der Waals surface area contributed by atoms with E-state index in [9.17, 15) is 22.4 Å². The summed E-state index contributed by atoms with van der Waals surface area (Å²) in [4.78, 5) is 23.5. The first-order valence-electron chi connectivity index (χ1n) is 8.96. The lowest BCUT2D eigenvalue weighted by Gasteiger charge is -2.19. The summed E-state index contributed by atoms with van der Waals surface area (Å²) in [5, 5.41) is 0. The normalized spacial score (nSPS) is 11.5. The van der Waals surface area contributed by atoms with E-state index in [4.69, 9.17) is 13.9 Å². The maximum absolute atomic E-state index is 14.2. The molecular formula is C19H22FNO7S. The van der Waals surface area contributed by atoms with Gasteiger partial charge in [0.1, 0.15) is 16.3 Å². The van der Waals surface area contributed by atoms with Gasteiger partial charge in [-0.15, -0.1) is 0 Å². The van der Waals surface area contributed by atoms with Crippen LogP contribution in [0.3, 0.4) is 0 Å². The van der Waals surface area contributed by atoms with Gasteiger partial charge in [-0.05, 0) is 31.2 Å².